The summed E-state index contributed by atoms with van der Waals surface area (Å²) in [5.74, 6) is 1.91. The number of para-hydroxylation sites is 1. The average molecular weight is 493 g/mol. The highest BCUT2D eigenvalue weighted by atomic mass is 127. The van der Waals surface area contributed by atoms with Crippen LogP contribution in [0.5, 0.6) is 0 Å². The molecule has 1 unspecified atom stereocenters. The fraction of sp³-hybridized carbons (Fsp3) is 0.588. The third-order valence-electron chi connectivity index (χ3n) is 4.49. The Balaban J connectivity index is 0.00000192. The zero-order valence-corrected chi connectivity index (χ0v) is 17.5. The Labute approximate surface area is 164 Å². The van der Waals surface area contributed by atoms with Gasteiger partial charge < -0.3 is 15.5 Å². The quantitative estimate of drug-likeness (QED) is 0.374. The Morgan fingerprint density at radius 3 is 2.78 bits per heavy atom. The van der Waals surface area contributed by atoms with Gasteiger partial charge in [-0.05, 0) is 46.8 Å². The first-order valence-electron chi connectivity index (χ1n) is 8.23. The molecule has 1 heterocycles. The fourth-order valence-electron chi connectivity index (χ4n) is 2.99. The fourth-order valence-corrected chi connectivity index (χ4v) is 3.53. The van der Waals surface area contributed by atoms with Crippen LogP contribution in [0.4, 0.5) is 5.69 Å². The number of nitrogens with one attached hydrogen (secondary N) is 2. The molecule has 0 bridgehead atoms. The maximum atomic E-state index is 4.35. The number of hydrogen-bond donors (Lipinski definition) is 2. The molecular weight excluding hydrogens is 467 g/mol. The normalized spacial score (nSPS) is 21.0. The van der Waals surface area contributed by atoms with Gasteiger partial charge in [-0.25, -0.2) is 0 Å². The number of nitrogens with zero attached hydrogens (tertiary/aromatic N) is 2. The number of aliphatic imine (C=N–C) groups is 1. The summed E-state index contributed by atoms with van der Waals surface area (Å²) in [5, 5.41) is 7.01. The highest BCUT2D eigenvalue weighted by Gasteiger charge is 2.25. The standard InChI is InChI=1S/C17H25BrN4.HI/c1-19-17(20-10-8-13-6-7-13)21-14-9-11-22(12-14)16-5-3-2-4-15(16)18;/h2-5,13-14H,6-12H2,1H3,(H2,19,20,21);1H. The number of anilines is 1. The Kier molecular flexibility index (Phi) is 7.46. The predicted octanol–water partition coefficient (Wildman–Crippen LogP) is 3.61. The number of rotatable bonds is 5. The van der Waals surface area contributed by atoms with Gasteiger partial charge in [0.05, 0.1) is 5.69 Å². The Morgan fingerprint density at radius 2 is 2.09 bits per heavy atom. The largest absolute Gasteiger partial charge is 0.368 e. The van der Waals surface area contributed by atoms with Crippen LogP contribution < -0.4 is 15.5 Å². The Hall–Kier alpha value is -0.500. The molecule has 0 aromatic heterocycles. The maximum Gasteiger partial charge on any atom is 0.191 e. The molecule has 6 heteroatoms. The van der Waals surface area contributed by atoms with Crippen LogP contribution in [0.3, 0.4) is 0 Å². The van der Waals surface area contributed by atoms with Crippen LogP contribution in [0.25, 0.3) is 0 Å². The van der Waals surface area contributed by atoms with Gasteiger partial charge in [-0.3, -0.25) is 4.99 Å². The first-order valence-corrected chi connectivity index (χ1v) is 9.02. The van der Waals surface area contributed by atoms with Crippen LogP contribution in [-0.2, 0) is 0 Å². The highest BCUT2D eigenvalue weighted by Crippen LogP contribution is 2.31. The van der Waals surface area contributed by atoms with Gasteiger partial charge in [-0.2, -0.15) is 0 Å². The lowest BCUT2D eigenvalue weighted by molar-refractivity contribution is 0.632. The lowest BCUT2D eigenvalue weighted by Gasteiger charge is -2.21. The zero-order valence-electron chi connectivity index (χ0n) is 13.6. The molecule has 1 saturated carbocycles. The summed E-state index contributed by atoms with van der Waals surface area (Å²) in [6.07, 6.45) is 5.24. The van der Waals surface area contributed by atoms with Gasteiger partial charge >= 0.3 is 0 Å². The molecule has 2 aliphatic rings. The Morgan fingerprint density at radius 1 is 1.30 bits per heavy atom. The molecule has 0 spiro atoms. The Bertz CT molecular complexity index is 533. The lowest BCUT2D eigenvalue weighted by Crippen LogP contribution is -2.44. The molecule has 2 N–H and O–H groups in total. The molecule has 4 nitrogen and oxygen atoms in total. The summed E-state index contributed by atoms with van der Waals surface area (Å²) in [6, 6.07) is 8.90. The molecule has 1 atom stereocenters. The zero-order chi connectivity index (χ0) is 15.4. The second-order valence-electron chi connectivity index (χ2n) is 6.26. The van der Waals surface area contributed by atoms with Crippen molar-refractivity contribution in [2.45, 2.75) is 31.7 Å². The number of halogens is 2. The summed E-state index contributed by atoms with van der Waals surface area (Å²) in [7, 11) is 1.85. The van der Waals surface area contributed by atoms with Crippen molar-refractivity contribution in [3.05, 3.63) is 28.7 Å². The van der Waals surface area contributed by atoms with Gasteiger partial charge in [0.15, 0.2) is 5.96 Å². The minimum atomic E-state index is 0. The molecule has 1 aromatic rings. The van der Waals surface area contributed by atoms with Gasteiger partial charge in [-0.1, -0.05) is 25.0 Å². The van der Waals surface area contributed by atoms with Gasteiger partial charge in [-0.15, -0.1) is 24.0 Å². The molecule has 0 radical (unpaired) electrons. The van der Waals surface area contributed by atoms with E-state index in [1.54, 1.807) is 0 Å². The van der Waals surface area contributed by atoms with Crippen LogP contribution in [0.2, 0.25) is 0 Å². The third kappa shape index (κ3) is 5.52. The first kappa shape index (κ1) is 18.8. The van der Waals surface area contributed by atoms with Crippen molar-refractivity contribution in [1.29, 1.82) is 0 Å². The van der Waals surface area contributed by atoms with E-state index >= 15 is 0 Å². The molecule has 0 amide bonds. The van der Waals surface area contributed by atoms with E-state index in [9.17, 15) is 0 Å². The summed E-state index contributed by atoms with van der Waals surface area (Å²) in [5.41, 5.74) is 1.28. The van der Waals surface area contributed by atoms with Crippen LogP contribution in [0, 0.1) is 5.92 Å². The van der Waals surface area contributed by atoms with Crippen molar-refractivity contribution in [1.82, 2.24) is 10.6 Å². The molecule has 1 aromatic carbocycles. The molecule has 2 fully saturated rings. The van der Waals surface area contributed by atoms with E-state index in [2.05, 4.69) is 60.7 Å². The van der Waals surface area contributed by atoms with Gasteiger partial charge in [0.2, 0.25) is 0 Å². The maximum absolute atomic E-state index is 4.35. The van der Waals surface area contributed by atoms with Crippen molar-refractivity contribution < 1.29 is 0 Å². The second kappa shape index (κ2) is 9.11. The van der Waals surface area contributed by atoms with Crippen LogP contribution in [0.1, 0.15) is 25.7 Å². The SMILES string of the molecule is CN=C(NCCC1CC1)NC1CCN(c2ccccc2Br)C1.I. The summed E-state index contributed by atoms with van der Waals surface area (Å²) in [4.78, 5) is 6.78. The minimum Gasteiger partial charge on any atom is -0.368 e. The highest BCUT2D eigenvalue weighted by molar-refractivity contribution is 14.0. The van der Waals surface area contributed by atoms with E-state index in [1.807, 2.05) is 7.05 Å². The van der Waals surface area contributed by atoms with E-state index in [0.717, 1.165) is 37.9 Å². The molecule has 128 valence electrons. The van der Waals surface area contributed by atoms with E-state index < -0.39 is 0 Å². The van der Waals surface area contributed by atoms with Gasteiger partial charge in [0.25, 0.3) is 0 Å². The molecular formula is C17H26BrIN4. The van der Waals surface area contributed by atoms with E-state index in [-0.39, 0.29) is 24.0 Å². The topological polar surface area (TPSA) is 39.7 Å². The molecule has 1 saturated heterocycles. The third-order valence-corrected chi connectivity index (χ3v) is 5.16. The number of guanidine groups is 1. The molecule has 1 aliphatic carbocycles. The molecule has 23 heavy (non-hydrogen) atoms. The predicted molar refractivity (Wildman–Crippen MR) is 112 cm³/mol. The molecule has 1 aliphatic heterocycles. The van der Waals surface area contributed by atoms with Crippen LogP contribution in [-0.4, -0.2) is 38.7 Å². The average Bonchev–Trinajstić information content (AvgIpc) is 3.24. The van der Waals surface area contributed by atoms with Crippen molar-refractivity contribution in [3.63, 3.8) is 0 Å². The first-order chi connectivity index (χ1) is 10.8. The van der Waals surface area contributed by atoms with Crippen molar-refractivity contribution in [3.8, 4) is 0 Å². The number of hydrogen-bond acceptors (Lipinski definition) is 2. The van der Waals surface area contributed by atoms with Gasteiger partial charge in [0.1, 0.15) is 0 Å². The van der Waals surface area contributed by atoms with E-state index in [4.69, 9.17) is 0 Å². The van der Waals surface area contributed by atoms with Crippen molar-refractivity contribution in [2.24, 2.45) is 10.9 Å². The van der Waals surface area contributed by atoms with Crippen LogP contribution in [0.15, 0.2) is 33.7 Å². The van der Waals surface area contributed by atoms with Gasteiger partial charge in [0, 0.05) is 37.2 Å². The number of benzene rings is 1. The van der Waals surface area contributed by atoms with Crippen molar-refractivity contribution in [2.75, 3.05) is 31.6 Å². The lowest BCUT2D eigenvalue weighted by atomic mass is 10.2. The smallest absolute Gasteiger partial charge is 0.191 e. The summed E-state index contributed by atoms with van der Waals surface area (Å²) in [6.45, 7) is 3.14. The van der Waals surface area contributed by atoms with Crippen LogP contribution >= 0.6 is 39.9 Å². The van der Waals surface area contributed by atoms with Crippen molar-refractivity contribution >= 4 is 51.6 Å². The molecule has 3 rings (SSSR count). The van der Waals surface area contributed by atoms with E-state index in [0.29, 0.717) is 6.04 Å². The summed E-state index contributed by atoms with van der Waals surface area (Å²) >= 11 is 3.65. The minimum absolute atomic E-state index is 0. The monoisotopic (exact) mass is 492 g/mol. The summed E-state index contributed by atoms with van der Waals surface area (Å²) < 4.78 is 1.17. The van der Waals surface area contributed by atoms with E-state index in [1.165, 1.54) is 29.4 Å². The second-order valence-corrected chi connectivity index (χ2v) is 7.11.